The van der Waals surface area contributed by atoms with Gasteiger partial charge >= 0.3 is 0 Å². The highest BCUT2D eigenvalue weighted by Gasteiger charge is 2.14. The summed E-state index contributed by atoms with van der Waals surface area (Å²) >= 11 is 0. The molecule has 4 aromatic carbocycles. The summed E-state index contributed by atoms with van der Waals surface area (Å²) in [4.78, 5) is 14.4. The van der Waals surface area contributed by atoms with Crippen LogP contribution in [0.15, 0.2) is 110 Å². The zero-order chi connectivity index (χ0) is 24.2. The van der Waals surface area contributed by atoms with Gasteiger partial charge in [-0.15, -0.1) is 0 Å². The number of nitrogens with zero attached hydrogens (tertiary/aromatic N) is 3. The summed E-state index contributed by atoms with van der Waals surface area (Å²) in [6, 6.07) is 33.2. The minimum Gasteiger partial charge on any atom is -0.455 e. The van der Waals surface area contributed by atoms with E-state index in [1.807, 2.05) is 104 Å². The van der Waals surface area contributed by atoms with Crippen molar-refractivity contribution >= 4 is 11.4 Å². The van der Waals surface area contributed by atoms with E-state index < -0.39 is 0 Å². The number of anilines is 1. The molecule has 0 saturated heterocycles. The zero-order valence-electron chi connectivity index (χ0n) is 19.3. The maximum absolute atomic E-state index is 6.02. The molecular weight excluding hydrogens is 432 g/mol. The summed E-state index contributed by atoms with van der Waals surface area (Å²) in [5.74, 6) is 2.97. The summed E-state index contributed by atoms with van der Waals surface area (Å²) in [6.07, 6.45) is 0. The highest BCUT2D eigenvalue weighted by atomic mass is 16.5. The van der Waals surface area contributed by atoms with Gasteiger partial charge in [0.15, 0.2) is 17.5 Å². The summed E-state index contributed by atoms with van der Waals surface area (Å²) in [7, 11) is 0. The van der Waals surface area contributed by atoms with Crippen LogP contribution in [0.25, 0.3) is 39.9 Å². The average molecular weight is 457 g/mol. The van der Waals surface area contributed by atoms with E-state index in [0.29, 0.717) is 34.7 Å². The lowest BCUT2D eigenvalue weighted by molar-refractivity contribution is 0.519. The van der Waals surface area contributed by atoms with E-state index >= 15 is 0 Å². The van der Waals surface area contributed by atoms with Crippen LogP contribution in [0.3, 0.4) is 0 Å². The predicted molar refractivity (Wildman–Crippen MR) is 141 cm³/mol. The van der Waals surface area contributed by atoms with Gasteiger partial charge in [-0.05, 0) is 30.7 Å². The molecule has 5 nitrogen and oxygen atoms in total. The third-order valence-electron chi connectivity index (χ3n) is 5.64. The van der Waals surface area contributed by atoms with Crippen LogP contribution >= 0.6 is 0 Å². The molecule has 35 heavy (non-hydrogen) atoms. The molecule has 2 N–H and O–H groups in total. The number of rotatable bonds is 6. The quantitative estimate of drug-likeness (QED) is 0.224. The molecule has 1 aromatic heterocycles. The van der Waals surface area contributed by atoms with E-state index in [1.165, 1.54) is 0 Å². The fourth-order valence-electron chi connectivity index (χ4n) is 3.81. The lowest BCUT2D eigenvalue weighted by atomic mass is 10.0. The van der Waals surface area contributed by atoms with Crippen molar-refractivity contribution in [3.8, 4) is 39.9 Å². The van der Waals surface area contributed by atoms with Gasteiger partial charge in [0, 0.05) is 22.3 Å². The standard InChI is InChI=1S/C30H24N4O/c1-20-19-24(17-18-25(20)21(2)35-27-16-10-9-15-26(27)31)30-33-28(22-11-5-3-6-12-22)32-29(34-30)23-13-7-4-8-14-23/h3-19H,2,31H2,1H3. The van der Waals surface area contributed by atoms with Crippen molar-refractivity contribution in [1.82, 2.24) is 15.0 Å². The van der Waals surface area contributed by atoms with Crippen LogP contribution in [0.4, 0.5) is 5.69 Å². The van der Waals surface area contributed by atoms with Crippen molar-refractivity contribution in [3.63, 3.8) is 0 Å². The number of nitrogen functional groups attached to an aromatic ring is 1. The Morgan fingerprint density at radius 2 is 1.17 bits per heavy atom. The maximum atomic E-state index is 6.02. The van der Waals surface area contributed by atoms with E-state index in [1.54, 1.807) is 6.07 Å². The van der Waals surface area contributed by atoms with Gasteiger partial charge in [0.05, 0.1) is 5.69 Å². The molecule has 0 atom stereocenters. The van der Waals surface area contributed by atoms with Crippen LogP contribution in [0, 0.1) is 6.92 Å². The highest BCUT2D eigenvalue weighted by Crippen LogP contribution is 2.30. The van der Waals surface area contributed by atoms with Crippen molar-refractivity contribution in [1.29, 1.82) is 0 Å². The van der Waals surface area contributed by atoms with Crippen molar-refractivity contribution < 1.29 is 4.74 Å². The van der Waals surface area contributed by atoms with Crippen molar-refractivity contribution in [2.24, 2.45) is 0 Å². The molecule has 0 aliphatic rings. The van der Waals surface area contributed by atoms with Gasteiger partial charge < -0.3 is 10.5 Å². The highest BCUT2D eigenvalue weighted by molar-refractivity contribution is 5.71. The Morgan fingerprint density at radius 1 is 0.657 bits per heavy atom. The molecule has 0 aliphatic heterocycles. The predicted octanol–water partition coefficient (Wildman–Crippen LogP) is 6.81. The molecule has 5 heteroatoms. The molecule has 170 valence electrons. The molecule has 0 radical (unpaired) electrons. The van der Waals surface area contributed by atoms with E-state index in [4.69, 9.17) is 25.4 Å². The second-order valence-electron chi connectivity index (χ2n) is 8.13. The van der Waals surface area contributed by atoms with Gasteiger partial charge in [0.1, 0.15) is 11.5 Å². The smallest absolute Gasteiger partial charge is 0.164 e. The third-order valence-corrected chi connectivity index (χ3v) is 5.64. The molecule has 0 unspecified atom stereocenters. The van der Waals surface area contributed by atoms with Gasteiger partial charge in [0.25, 0.3) is 0 Å². The van der Waals surface area contributed by atoms with Crippen molar-refractivity contribution in [2.75, 3.05) is 5.73 Å². The summed E-state index contributed by atoms with van der Waals surface area (Å²) in [6.45, 7) is 6.13. The first-order valence-electron chi connectivity index (χ1n) is 11.3. The molecule has 5 aromatic rings. The largest absolute Gasteiger partial charge is 0.455 e. The van der Waals surface area contributed by atoms with Gasteiger partial charge in [0.2, 0.25) is 0 Å². The molecule has 0 spiro atoms. The summed E-state index contributed by atoms with van der Waals surface area (Å²) in [5, 5.41) is 0. The molecule has 0 amide bonds. The van der Waals surface area contributed by atoms with Crippen LogP contribution < -0.4 is 10.5 Å². The number of aryl methyl sites for hydroxylation is 1. The van der Waals surface area contributed by atoms with Crippen molar-refractivity contribution in [2.45, 2.75) is 6.92 Å². The first-order valence-corrected chi connectivity index (χ1v) is 11.3. The third kappa shape index (κ3) is 4.80. The Labute approximate surface area is 204 Å². The Balaban J connectivity index is 1.53. The first-order chi connectivity index (χ1) is 17.1. The fraction of sp³-hybridized carbons (Fsp3) is 0.0333. The maximum Gasteiger partial charge on any atom is 0.164 e. The monoisotopic (exact) mass is 456 g/mol. The van der Waals surface area contributed by atoms with Gasteiger partial charge in [-0.1, -0.05) is 91.5 Å². The van der Waals surface area contributed by atoms with Gasteiger partial charge in [-0.25, -0.2) is 15.0 Å². The zero-order valence-corrected chi connectivity index (χ0v) is 19.3. The van der Waals surface area contributed by atoms with Crippen LogP contribution in [0.1, 0.15) is 11.1 Å². The minimum atomic E-state index is 0.526. The number of aromatic nitrogens is 3. The van der Waals surface area contributed by atoms with Crippen LogP contribution in [-0.2, 0) is 0 Å². The number of ether oxygens (including phenoxy) is 1. The molecule has 0 saturated carbocycles. The number of hydrogen-bond donors (Lipinski definition) is 1. The Morgan fingerprint density at radius 3 is 1.71 bits per heavy atom. The second-order valence-corrected chi connectivity index (χ2v) is 8.13. The Bertz CT molecular complexity index is 1440. The normalized spacial score (nSPS) is 10.7. The van der Waals surface area contributed by atoms with E-state index in [2.05, 4.69) is 6.58 Å². The first kappa shape index (κ1) is 22.0. The van der Waals surface area contributed by atoms with Crippen molar-refractivity contribution in [3.05, 3.63) is 121 Å². The molecule has 0 fully saturated rings. The van der Waals surface area contributed by atoms with Crippen LogP contribution in [0.5, 0.6) is 5.75 Å². The van der Waals surface area contributed by atoms with Crippen LogP contribution in [-0.4, -0.2) is 15.0 Å². The van der Waals surface area contributed by atoms with E-state index in [-0.39, 0.29) is 0 Å². The molecule has 5 rings (SSSR count). The lowest BCUT2D eigenvalue weighted by Crippen LogP contribution is -2.02. The SMILES string of the molecule is C=C(Oc1ccccc1N)c1ccc(-c2nc(-c3ccccc3)nc(-c3ccccc3)n2)cc1C. The van der Waals surface area contributed by atoms with Gasteiger partial charge in [-0.3, -0.25) is 0 Å². The Hall–Kier alpha value is -4.77. The topological polar surface area (TPSA) is 73.9 Å². The van der Waals surface area contributed by atoms with Crippen LogP contribution in [0.2, 0.25) is 0 Å². The minimum absolute atomic E-state index is 0.526. The molecule has 0 bridgehead atoms. The average Bonchev–Trinajstić information content (AvgIpc) is 2.90. The number of benzene rings is 4. The lowest BCUT2D eigenvalue weighted by Gasteiger charge is -2.14. The second kappa shape index (κ2) is 9.61. The number of nitrogens with two attached hydrogens (primary N) is 1. The fourth-order valence-corrected chi connectivity index (χ4v) is 3.81. The molecule has 0 aliphatic carbocycles. The Kier molecular flexibility index (Phi) is 6.05. The molecule has 1 heterocycles. The van der Waals surface area contributed by atoms with E-state index in [0.717, 1.165) is 27.8 Å². The van der Waals surface area contributed by atoms with E-state index in [9.17, 15) is 0 Å². The van der Waals surface area contributed by atoms with Gasteiger partial charge in [-0.2, -0.15) is 0 Å². The summed E-state index contributed by atoms with van der Waals surface area (Å²) < 4.78 is 5.95. The number of hydrogen-bond acceptors (Lipinski definition) is 5. The molecular formula is C30H24N4O. The number of para-hydroxylation sites is 2. The summed E-state index contributed by atoms with van der Waals surface area (Å²) in [5.41, 5.74) is 11.2.